The molecule has 9 rings (SSSR count). The Labute approximate surface area is 277 Å². The van der Waals surface area contributed by atoms with Crippen molar-refractivity contribution >= 4 is 43.6 Å². The van der Waals surface area contributed by atoms with Gasteiger partial charge in [-0.2, -0.15) is 10.5 Å². The zero-order chi connectivity index (χ0) is 32.2. The lowest BCUT2D eigenvalue weighted by Gasteiger charge is -2.16. The van der Waals surface area contributed by atoms with Gasteiger partial charge in [-0.3, -0.25) is 0 Å². The molecule has 0 aliphatic rings. The molecule has 222 valence electrons. The molecule has 0 fully saturated rings. The van der Waals surface area contributed by atoms with Gasteiger partial charge in [0.05, 0.1) is 45.3 Å². The predicted molar refractivity (Wildman–Crippen MR) is 195 cm³/mol. The highest BCUT2D eigenvalue weighted by molar-refractivity contribution is 6.26. The maximum absolute atomic E-state index is 10.1. The maximum atomic E-state index is 10.1. The Morgan fingerprint density at radius 1 is 0.417 bits per heavy atom. The number of nitriles is 2. The van der Waals surface area contributed by atoms with Crippen LogP contribution < -0.4 is 0 Å². The van der Waals surface area contributed by atoms with Gasteiger partial charge in [0.2, 0.25) is 0 Å². The van der Waals surface area contributed by atoms with Crippen molar-refractivity contribution in [1.29, 1.82) is 10.5 Å². The number of hydrogen-bond donors (Lipinski definition) is 0. The third kappa shape index (κ3) is 4.07. The first-order valence-corrected chi connectivity index (χ1v) is 15.9. The zero-order valence-corrected chi connectivity index (χ0v) is 25.8. The van der Waals surface area contributed by atoms with Crippen molar-refractivity contribution in [3.8, 4) is 45.8 Å². The van der Waals surface area contributed by atoms with Crippen LogP contribution in [0.25, 0.3) is 77.2 Å². The van der Waals surface area contributed by atoms with Crippen molar-refractivity contribution in [2.24, 2.45) is 0 Å². The molecule has 0 unspecified atom stereocenters. The quantitative estimate of drug-likeness (QED) is 0.199. The van der Waals surface area contributed by atoms with Crippen LogP contribution in [0.15, 0.2) is 158 Å². The summed E-state index contributed by atoms with van der Waals surface area (Å²) in [7, 11) is 0. The van der Waals surface area contributed by atoms with Crippen molar-refractivity contribution in [3.05, 3.63) is 169 Å². The van der Waals surface area contributed by atoms with Crippen molar-refractivity contribution in [1.82, 2.24) is 9.13 Å². The largest absolute Gasteiger partial charge is 0.309 e. The van der Waals surface area contributed by atoms with Crippen LogP contribution in [-0.2, 0) is 0 Å². The summed E-state index contributed by atoms with van der Waals surface area (Å²) in [5.74, 6) is 0. The fourth-order valence-corrected chi connectivity index (χ4v) is 7.34. The number of aromatic nitrogens is 2. The second kappa shape index (κ2) is 10.9. The average Bonchev–Trinajstić information content (AvgIpc) is 3.68. The number of fused-ring (bicyclic) bond motifs is 7. The Kier molecular flexibility index (Phi) is 6.22. The monoisotopic (exact) mass is 610 g/mol. The molecule has 2 heterocycles. The number of nitrogens with zero attached hydrogens (tertiary/aromatic N) is 4. The Morgan fingerprint density at radius 3 is 1.83 bits per heavy atom. The van der Waals surface area contributed by atoms with Gasteiger partial charge in [-0.05, 0) is 71.3 Å². The highest BCUT2D eigenvalue weighted by atomic mass is 15.0. The summed E-state index contributed by atoms with van der Waals surface area (Å²) in [5, 5.41) is 24.4. The van der Waals surface area contributed by atoms with Gasteiger partial charge in [0, 0.05) is 38.5 Å². The minimum absolute atomic E-state index is 0.470. The molecule has 0 saturated carbocycles. The first-order chi connectivity index (χ1) is 23.7. The summed E-state index contributed by atoms with van der Waals surface area (Å²) in [6.07, 6.45) is 0. The summed E-state index contributed by atoms with van der Waals surface area (Å²) < 4.78 is 4.76. The lowest BCUT2D eigenvalue weighted by Crippen LogP contribution is -1.97. The Bertz CT molecular complexity index is 2790. The third-order valence-corrected chi connectivity index (χ3v) is 9.39. The Balaban J connectivity index is 1.38. The molecule has 0 saturated heterocycles. The zero-order valence-electron chi connectivity index (χ0n) is 25.8. The van der Waals surface area contributed by atoms with Crippen LogP contribution in [0.1, 0.15) is 11.1 Å². The van der Waals surface area contributed by atoms with Crippen LogP contribution in [0.4, 0.5) is 0 Å². The smallest absolute Gasteiger partial charge is 0.0998 e. The molecule has 0 spiro atoms. The van der Waals surface area contributed by atoms with E-state index in [2.05, 4.69) is 143 Å². The minimum atomic E-state index is 0.470. The number of rotatable bonds is 4. The van der Waals surface area contributed by atoms with E-state index in [4.69, 9.17) is 0 Å². The molecular formula is C44H26N4. The highest BCUT2D eigenvalue weighted by Gasteiger charge is 2.21. The molecule has 0 aliphatic heterocycles. The van der Waals surface area contributed by atoms with E-state index >= 15 is 0 Å². The molecule has 0 N–H and O–H groups in total. The van der Waals surface area contributed by atoms with E-state index in [1.54, 1.807) is 12.1 Å². The standard InChI is InChI=1S/C44H26N4/c45-27-29-19-21-34(31(25-29)28-46)35-22-20-33(26-39(35)30-11-3-1-4-12-30)47-41-18-10-8-16-38(41)43-42(47)24-23-37-36-15-7-9-17-40(36)48(44(37)43)32-13-5-2-6-14-32/h1-26H. The van der Waals surface area contributed by atoms with Gasteiger partial charge >= 0.3 is 0 Å². The second-order valence-corrected chi connectivity index (χ2v) is 12.0. The topological polar surface area (TPSA) is 57.4 Å². The first-order valence-electron chi connectivity index (χ1n) is 15.9. The Morgan fingerprint density at radius 2 is 1.08 bits per heavy atom. The SMILES string of the molecule is N#Cc1ccc(-c2ccc(-n3c4ccccc4c4c3ccc3c5ccccc5n(-c5ccccc5)c34)cc2-c2ccccc2)c(C#N)c1. The van der Waals surface area contributed by atoms with E-state index in [-0.39, 0.29) is 0 Å². The fraction of sp³-hybridized carbons (Fsp3) is 0. The van der Waals surface area contributed by atoms with E-state index in [0.29, 0.717) is 11.1 Å². The number of para-hydroxylation sites is 3. The minimum Gasteiger partial charge on any atom is -0.309 e. The van der Waals surface area contributed by atoms with Crippen LogP contribution >= 0.6 is 0 Å². The van der Waals surface area contributed by atoms with Crippen molar-refractivity contribution in [3.63, 3.8) is 0 Å². The van der Waals surface area contributed by atoms with Crippen molar-refractivity contribution in [2.45, 2.75) is 0 Å². The van der Waals surface area contributed by atoms with Gasteiger partial charge in [0.25, 0.3) is 0 Å². The van der Waals surface area contributed by atoms with Gasteiger partial charge in [-0.15, -0.1) is 0 Å². The lowest BCUT2D eigenvalue weighted by molar-refractivity contribution is 1.17. The van der Waals surface area contributed by atoms with Gasteiger partial charge in [0.1, 0.15) is 0 Å². The normalized spacial score (nSPS) is 11.3. The summed E-state index contributed by atoms with van der Waals surface area (Å²) in [4.78, 5) is 0. The Hall–Kier alpha value is -6.88. The summed E-state index contributed by atoms with van der Waals surface area (Å²) in [6, 6.07) is 59.0. The predicted octanol–water partition coefficient (Wildman–Crippen LogP) is 11.0. The molecule has 4 heteroatoms. The van der Waals surface area contributed by atoms with Crippen LogP contribution in [0.3, 0.4) is 0 Å². The van der Waals surface area contributed by atoms with Crippen molar-refractivity contribution in [2.75, 3.05) is 0 Å². The summed E-state index contributed by atoms with van der Waals surface area (Å²) in [6.45, 7) is 0. The number of benzene rings is 7. The maximum Gasteiger partial charge on any atom is 0.0998 e. The van der Waals surface area contributed by atoms with Crippen molar-refractivity contribution < 1.29 is 0 Å². The summed E-state index contributed by atoms with van der Waals surface area (Å²) in [5.41, 5.74) is 11.5. The van der Waals surface area contributed by atoms with E-state index in [9.17, 15) is 10.5 Å². The van der Waals surface area contributed by atoms with E-state index in [0.717, 1.165) is 44.7 Å². The van der Waals surface area contributed by atoms with Gasteiger partial charge in [-0.25, -0.2) is 0 Å². The summed E-state index contributed by atoms with van der Waals surface area (Å²) >= 11 is 0. The first kappa shape index (κ1) is 27.4. The van der Waals surface area contributed by atoms with Crippen LogP contribution in [0, 0.1) is 22.7 Å². The molecule has 0 radical (unpaired) electrons. The van der Waals surface area contributed by atoms with Gasteiger partial charge in [0.15, 0.2) is 0 Å². The van der Waals surface area contributed by atoms with Crippen LogP contribution in [-0.4, -0.2) is 9.13 Å². The molecular weight excluding hydrogens is 585 g/mol. The van der Waals surface area contributed by atoms with E-state index in [1.807, 2.05) is 24.3 Å². The molecule has 7 aromatic carbocycles. The molecule has 0 aliphatic carbocycles. The second-order valence-electron chi connectivity index (χ2n) is 12.0. The fourth-order valence-electron chi connectivity index (χ4n) is 7.34. The van der Waals surface area contributed by atoms with Gasteiger partial charge < -0.3 is 9.13 Å². The molecule has 0 atom stereocenters. The van der Waals surface area contributed by atoms with Crippen LogP contribution in [0.5, 0.6) is 0 Å². The molecule has 48 heavy (non-hydrogen) atoms. The van der Waals surface area contributed by atoms with E-state index in [1.165, 1.54) is 32.6 Å². The molecule has 0 amide bonds. The van der Waals surface area contributed by atoms with Gasteiger partial charge in [-0.1, -0.05) is 103 Å². The average molecular weight is 611 g/mol. The van der Waals surface area contributed by atoms with Crippen LogP contribution in [0.2, 0.25) is 0 Å². The molecule has 2 aromatic heterocycles. The molecule has 4 nitrogen and oxygen atoms in total. The molecule has 9 aromatic rings. The lowest BCUT2D eigenvalue weighted by atomic mass is 9.91. The molecule has 0 bridgehead atoms. The third-order valence-electron chi connectivity index (χ3n) is 9.39. The van der Waals surface area contributed by atoms with E-state index < -0.39 is 0 Å². The highest BCUT2D eigenvalue weighted by Crippen LogP contribution is 2.43. The number of hydrogen-bond acceptors (Lipinski definition) is 2.